The third-order valence-electron chi connectivity index (χ3n) is 3.62. The van der Waals surface area contributed by atoms with E-state index >= 15 is 0 Å². The largest absolute Gasteiger partial charge is 0.382 e. The lowest BCUT2D eigenvalue weighted by Crippen LogP contribution is -2.27. The van der Waals surface area contributed by atoms with Crippen molar-refractivity contribution >= 4 is 21.2 Å². The van der Waals surface area contributed by atoms with Crippen molar-refractivity contribution in [2.75, 3.05) is 37.0 Å². The van der Waals surface area contributed by atoms with Crippen molar-refractivity contribution in [2.24, 2.45) is 0 Å². The Morgan fingerprint density at radius 3 is 2.76 bits per heavy atom. The Bertz CT molecular complexity index is 630. The minimum absolute atomic E-state index is 0.0393. The summed E-state index contributed by atoms with van der Waals surface area (Å²) in [7, 11) is -1.30. The van der Waals surface area contributed by atoms with Crippen molar-refractivity contribution in [3.63, 3.8) is 0 Å². The van der Waals surface area contributed by atoms with Crippen LogP contribution in [0.2, 0.25) is 0 Å². The SMILES string of the molecule is CNc1c(CN2CCCS(=O)(=O)CC2)cccc1[N+](=O)[O-]. The van der Waals surface area contributed by atoms with Gasteiger partial charge >= 0.3 is 0 Å². The van der Waals surface area contributed by atoms with Crippen LogP contribution in [0.25, 0.3) is 0 Å². The summed E-state index contributed by atoms with van der Waals surface area (Å²) in [6, 6.07) is 4.95. The van der Waals surface area contributed by atoms with Crippen LogP contribution in [0.4, 0.5) is 11.4 Å². The van der Waals surface area contributed by atoms with E-state index in [0.29, 0.717) is 31.7 Å². The molecule has 0 unspecified atom stereocenters. The van der Waals surface area contributed by atoms with Gasteiger partial charge in [0.15, 0.2) is 9.84 Å². The van der Waals surface area contributed by atoms with E-state index in [1.54, 1.807) is 13.1 Å². The van der Waals surface area contributed by atoms with E-state index in [1.807, 2.05) is 11.0 Å². The van der Waals surface area contributed by atoms with Gasteiger partial charge in [-0.15, -0.1) is 0 Å². The number of anilines is 1. The summed E-state index contributed by atoms with van der Waals surface area (Å²) in [5.74, 6) is 0.369. The number of nitrogens with zero attached hydrogens (tertiary/aromatic N) is 2. The molecular formula is C13H19N3O4S. The molecule has 1 aromatic carbocycles. The summed E-state index contributed by atoms with van der Waals surface area (Å²) >= 11 is 0. The van der Waals surface area contributed by atoms with E-state index in [9.17, 15) is 18.5 Å². The number of para-hydroxylation sites is 1. The smallest absolute Gasteiger partial charge is 0.292 e. The molecule has 0 aliphatic carbocycles. The third-order valence-corrected chi connectivity index (χ3v) is 5.33. The number of hydrogen-bond acceptors (Lipinski definition) is 6. The average Bonchev–Trinajstić information content (AvgIpc) is 2.60. The zero-order valence-corrected chi connectivity index (χ0v) is 12.7. The average molecular weight is 313 g/mol. The number of nitro groups is 1. The maximum Gasteiger partial charge on any atom is 0.292 e. The predicted octanol–water partition coefficient (Wildman–Crippen LogP) is 1.26. The number of hydrogen-bond donors (Lipinski definition) is 1. The minimum atomic E-state index is -2.95. The van der Waals surface area contributed by atoms with Gasteiger partial charge in [0.25, 0.3) is 5.69 Å². The molecule has 1 aliphatic rings. The molecule has 0 spiro atoms. The molecule has 1 aliphatic heterocycles. The van der Waals surface area contributed by atoms with E-state index in [0.717, 1.165) is 5.56 Å². The highest BCUT2D eigenvalue weighted by Gasteiger charge is 2.22. The molecule has 0 saturated carbocycles. The highest BCUT2D eigenvalue weighted by molar-refractivity contribution is 7.91. The normalized spacial score (nSPS) is 18.9. The van der Waals surface area contributed by atoms with Gasteiger partial charge in [0, 0.05) is 26.2 Å². The van der Waals surface area contributed by atoms with Gasteiger partial charge in [-0.2, -0.15) is 0 Å². The van der Waals surface area contributed by atoms with Crippen LogP contribution in [0.1, 0.15) is 12.0 Å². The summed E-state index contributed by atoms with van der Waals surface area (Å²) < 4.78 is 23.2. The Morgan fingerprint density at radius 1 is 1.33 bits per heavy atom. The van der Waals surface area contributed by atoms with Crippen LogP contribution in [0.3, 0.4) is 0 Å². The van der Waals surface area contributed by atoms with Crippen LogP contribution in [0.5, 0.6) is 0 Å². The fourth-order valence-electron chi connectivity index (χ4n) is 2.55. The summed E-state index contributed by atoms with van der Waals surface area (Å²) in [6.45, 7) is 1.66. The molecule has 0 bridgehead atoms. The predicted molar refractivity (Wildman–Crippen MR) is 81.2 cm³/mol. The molecule has 2 rings (SSSR count). The lowest BCUT2D eigenvalue weighted by Gasteiger charge is -2.20. The number of nitro benzene ring substituents is 1. The number of rotatable bonds is 4. The molecule has 1 aromatic rings. The van der Waals surface area contributed by atoms with Gasteiger partial charge in [0.1, 0.15) is 5.69 Å². The van der Waals surface area contributed by atoms with Crippen LogP contribution in [0, 0.1) is 10.1 Å². The fraction of sp³-hybridized carbons (Fsp3) is 0.538. The molecule has 8 heteroatoms. The lowest BCUT2D eigenvalue weighted by molar-refractivity contribution is -0.384. The molecule has 116 valence electrons. The van der Waals surface area contributed by atoms with E-state index in [4.69, 9.17) is 0 Å². The molecule has 0 amide bonds. The molecule has 1 saturated heterocycles. The maximum atomic E-state index is 11.6. The molecule has 1 fully saturated rings. The van der Waals surface area contributed by atoms with Gasteiger partial charge < -0.3 is 5.32 Å². The second-order valence-corrected chi connectivity index (χ2v) is 7.40. The van der Waals surface area contributed by atoms with Crippen LogP contribution in [0.15, 0.2) is 18.2 Å². The van der Waals surface area contributed by atoms with Crippen molar-refractivity contribution in [3.05, 3.63) is 33.9 Å². The Hall–Kier alpha value is -1.67. The first kappa shape index (κ1) is 15.7. The van der Waals surface area contributed by atoms with Crippen LogP contribution < -0.4 is 5.32 Å². The molecule has 1 heterocycles. The van der Waals surface area contributed by atoms with Crippen LogP contribution in [-0.2, 0) is 16.4 Å². The highest BCUT2D eigenvalue weighted by Crippen LogP contribution is 2.28. The van der Waals surface area contributed by atoms with Gasteiger partial charge in [-0.3, -0.25) is 15.0 Å². The number of nitrogens with one attached hydrogen (secondary N) is 1. The van der Waals surface area contributed by atoms with Crippen molar-refractivity contribution in [1.29, 1.82) is 0 Å². The third kappa shape index (κ3) is 3.92. The Kier molecular flexibility index (Phi) is 4.79. The quantitative estimate of drug-likeness (QED) is 0.664. The zero-order valence-electron chi connectivity index (χ0n) is 11.9. The van der Waals surface area contributed by atoms with Gasteiger partial charge in [-0.25, -0.2) is 8.42 Å². The second kappa shape index (κ2) is 6.40. The molecule has 7 nitrogen and oxygen atoms in total. The summed E-state index contributed by atoms with van der Waals surface area (Å²) in [5.41, 5.74) is 1.35. The second-order valence-electron chi connectivity index (χ2n) is 5.10. The van der Waals surface area contributed by atoms with Crippen LogP contribution >= 0.6 is 0 Å². The van der Waals surface area contributed by atoms with Gasteiger partial charge in [-0.1, -0.05) is 12.1 Å². The van der Waals surface area contributed by atoms with E-state index in [-0.39, 0.29) is 17.2 Å². The first-order valence-corrected chi connectivity index (χ1v) is 8.62. The molecule has 1 N–H and O–H groups in total. The Labute approximate surface area is 124 Å². The van der Waals surface area contributed by atoms with Crippen molar-refractivity contribution < 1.29 is 13.3 Å². The molecule has 0 radical (unpaired) electrons. The van der Waals surface area contributed by atoms with E-state index < -0.39 is 14.8 Å². The number of benzene rings is 1. The summed E-state index contributed by atoms with van der Waals surface area (Å²) in [5, 5.41) is 13.9. The standard InChI is InChI=1S/C13H19N3O4S/c1-14-13-11(4-2-5-12(13)16(17)18)10-15-6-3-8-21(19,20)9-7-15/h2,4-5,14H,3,6-10H2,1H3. The summed E-state index contributed by atoms with van der Waals surface area (Å²) in [6.07, 6.45) is 0.603. The van der Waals surface area contributed by atoms with E-state index in [1.165, 1.54) is 6.07 Å². The zero-order chi connectivity index (χ0) is 15.5. The van der Waals surface area contributed by atoms with Gasteiger partial charge in [-0.05, 0) is 18.5 Å². The molecular weight excluding hydrogens is 294 g/mol. The van der Waals surface area contributed by atoms with Gasteiger partial charge in [0.2, 0.25) is 0 Å². The van der Waals surface area contributed by atoms with Crippen LogP contribution in [-0.4, -0.2) is 49.9 Å². The van der Waals surface area contributed by atoms with Crippen molar-refractivity contribution in [1.82, 2.24) is 4.90 Å². The van der Waals surface area contributed by atoms with Gasteiger partial charge in [0.05, 0.1) is 16.4 Å². The Balaban J connectivity index is 2.19. The minimum Gasteiger partial charge on any atom is -0.382 e. The number of sulfone groups is 1. The molecule has 21 heavy (non-hydrogen) atoms. The maximum absolute atomic E-state index is 11.6. The Morgan fingerprint density at radius 2 is 2.10 bits per heavy atom. The fourth-order valence-corrected chi connectivity index (χ4v) is 3.86. The summed E-state index contributed by atoms with van der Waals surface area (Å²) in [4.78, 5) is 12.7. The highest BCUT2D eigenvalue weighted by atomic mass is 32.2. The van der Waals surface area contributed by atoms with E-state index in [2.05, 4.69) is 5.32 Å². The first-order valence-electron chi connectivity index (χ1n) is 6.80. The topological polar surface area (TPSA) is 92.6 Å². The lowest BCUT2D eigenvalue weighted by atomic mass is 10.1. The molecule has 0 aromatic heterocycles. The van der Waals surface area contributed by atoms with Crippen molar-refractivity contribution in [3.8, 4) is 0 Å². The monoisotopic (exact) mass is 313 g/mol. The van der Waals surface area contributed by atoms with Crippen molar-refractivity contribution in [2.45, 2.75) is 13.0 Å². The first-order chi connectivity index (χ1) is 9.93. The molecule has 0 atom stereocenters.